The summed E-state index contributed by atoms with van der Waals surface area (Å²) < 4.78 is 34.0. The molecule has 0 heterocycles. The summed E-state index contributed by atoms with van der Waals surface area (Å²) in [6.45, 7) is -0.778. The summed E-state index contributed by atoms with van der Waals surface area (Å²) >= 11 is 0. The maximum absolute atomic E-state index is 12.4. The Morgan fingerprint density at radius 2 is 1.79 bits per heavy atom. The number of benzene rings is 2. The van der Waals surface area contributed by atoms with Crippen molar-refractivity contribution in [2.75, 3.05) is 31.3 Å². The number of ether oxygens (including phenoxy) is 2. The van der Waals surface area contributed by atoms with Crippen molar-refractivity contribution in [3.63, 3.8) is 0 Å². The molecule has 156 valence electrons. The SMILES string of the molecule is COc1ccc(NC(C)=O)cc1NC(=O)C[NH+](C)Cc1ccc(OC(F)F)cc1. The van der Waals surface area contributed by atoms with Gasteiger partial charge in [0, 0.05) is 18.2 Å². The number of methoxy groups -OCH3 is 1. The predicted octanol–water partition coefficient (Wildman–Crippen LogP) is 1.91. The second-order valence-corrected chi connectivity index (χ2v) is 6.48. The molecule has 2 aromatic rings. The number of hydrogen-bond acceptors (Lipinski definition) is 4. The molecule has 7 nitrogen and oxygen atoms in total. The van der Waals surface area contributed by atoms with E-state index in [1.165, 1.54) is 26.2 Å². The minimum absolute atomic E-state index is 0.0882. The molecule has 0 bridgehead atoms. The van der Waals surface area contributed by atoms with E-state index < -0.39 is 6.61 Å². The topological polar surface area (TPSA) is 81.1 Å². The number of carbonyl (C=O) groups is 2. The molecule has 3 N–H and O–H groups in total. The molecule has 0 fully saturated rings. The van der Waals surface area contributed by atoms with Crippen LogP contribution < -0.4 is 25.0 Å². The molecule has 9 heteroatoms. The molecule has 0 aliphatic heterocycles. The van der Waals surface area contributed by atoms with Gasteiger partial charge in [0.25, 0.3) is 5.91 Å². The lowest BCUT2D eigenvalue weighted by Crippen LogP contribution is -3.08. The number of alkyl halides is 2. The van der Waals surface area contributed by atoms with E-state index in [4.69, 9.17) is 4.74 Å². The van der Waals surface area contributed by atoms with Crippen molar-refractivity contribution in [3.05, 3.63) is 48.0 Å². The van der Waals surface area contributed by atoms with Gasteiger partial charge in [0.15, 0.2) is 6.54 Å². The van der Waals surface area contributed by atoms with Gasteiger partial charge >= 0.3 is 6.61 Å². The number of nitrogens with one attached hydrogen (secondary N) is 3. The first kappa shape index (κ1) is 22.1. The Labute approximate surface area is 167 Å². The third-order valence-electron chi connectivity index (χ3n) is 3.91. The fourth-order valence-electron chi connectivity index (χ4n) is 2.75. The van der Waals surface area contributed by atoms with Crippen molar-refractivity contribution < 1.29 is 32.7 Å². The largest absolute Gasteiger partial charge is 0.495 e. The lowest BCUT2D eigenvalue weighted by molar-refractivity contribution is -0.885. The molecule has 29 heavy (non-hydrogen) atoms. The number of carbonyl (C=O) groups excluding carboxylic acids is 2. The summed E-state index contributed by atoms with van der Waals surface area (Å²) in [6, 6.07) is 11.2. The first-order chi connectivity index (χ1) is 13.8. The van der Waals surface area contributed by atoms with Crippen molar-refractivity contribution in [1.29, 1.82) is 0 Å². The zero-order chi connectivity index (χ0) is 21.4. The summed E-state index contributed by atoms with van der Waals surface area (Å²) in [5.41, 5.74) is 1.87. The Hall–Kier alpha value is -3.20. The third-order valence-corrected chi connectivity index (χ3v) is 3.91. The first-order valence-electron chi connectivity index (χ1n) is 8.87. The highest BCUT2D eigenvalue weighted by atomic mass is 19.3. The molecule has 0 radical (unpaired) electrons. The number of quaternary nitrogens is 1. The predicted molar refractivity (Wildman–Crippen MR) is 104 cm³/mol. The van der Waals surface area contributed by atoms with Gasteiger partial charge in [-0.15, -0.1) is 0 Å². The highest BCUT2D eigenvalue weighted by molar-refractivity contribution is 5.95. The lowest BCUT2D eigenvalue weighted by atomic mass is 10.2. The highest BCUT2D eigenvalue weighted by Gasteiger charge is 2.14. The van der Waals surface area contributed by atoms with E-state index >= 15 is 0 Å². The number of anilines is 2. The average Bonchev–Trinajstić information content (AvgIpc) is 2.62. The summed E-state index contributed by atoms with van der Waals surface area (Å²) in [7, 11) is 3.33. The van der Waals surface area contributed by atoms with Gasteiger partial charge in [0.1, 0.15) is 18.0 Å². The van der Waals surface area contributed by atoms with Crippen LogP contribution in [0.3, 0.4) is 0 Å². The van der Waals surface area contributed by atoms with Crippen LogP contribution in [0.1, 0.15) is 12.5 Å². The Morgan fingerprint density at radius 3 is 2.38 bits per heavy atom. The van der Waals surface area contributed by atoms with E-state index in [0.29, 0.717) is 23.7 Å². The molecule has 1 atom stereocenters. The van der Waals surface area contributed by atoms with Crippen LogP contribution in [0.5, 0.6) is 11.5 Å². The van der Waals surface area contributed by atoms with Gasteiger partial charge < -0.3 is 25.0 Å². The van der Waals surface area contributed by atoms with E-state index in [1.54, 1.807) is 30.3 Å². The molecule has 0 saturated heterocycles. The molecule has 1 unspecified atom stereocenters. The molecular formula is C20H24F2N3O4+. The third kappa shape index (κ3) is 7.38. The first-order valence-corrected chi connectivity index (χ1v) is 8.87. The Bertz CT molecular complexity index is 844. The van der Waals surface area contributed by atoms with Gasteiger partial charge in [-0.3, -0.25) is 9.59 Å². The van der Waals surface area contributed by atoms with E-state index in [9.17, 15) is 18.4 Å². The second-order valence-electron chi connectivity index (χ2n) is 6.48. The summed E-state index contributed by atoms with van der Waals surface area (Å²) in [5.74, 6) is 0.102. The number of halogens is 2. The molecule has 2 rings (SSSR count). The van der Waals surface area contributed by atoms with Crippen LogP contribution in [-0.4, -0.2) is 39.1 Å². The molecule has 2 amide bonds. The molecule has 0 aliphatic carbocycles. The Morgan fingerprint density at radius 1 is 1.10 bits per heavy atom. The van der Waals surface area contributed by atoms with E-state index in [1.807, 2.05) is 7.05 Å². The lowest BCUT2D eigenvalue weighted by Gasteiger charge is -2.16. The Kier molecular flexibility index (Phi) is 7.90. The molecule has 0 saturated carbocycles. The average molecular weight is 408 g/mol. The molecule has 0 spiro atoms. The smallest absolute Gasteiger partial charge is 0.387 e. The summed E-state index contributed by atoms with van der Waals surface area (Å²) in [6.07, 6.45) is 0. The normalized spacial score (nSPS) is 11.7. The van der Waals surface area contributed by atoms with Crippen molar-refractivity contribution in [2.24, 2.45) is 0 Å². The van der Waals surface area contributed by atoms with Gasteiger partial charge in [0.05, 0.1) is 19.8 Å². The summed E-state index contributed by atoms with van der Waals surface area (Å²) in [4.78, 5) is 24.5. The number of rotatable bonds is 9. The molecular weight excluding hydrogens is 384 g/mol. The van der Waals surface area contributed by atoms with Crippen LogP contribution in [-0.2, 0) is 16.1 Å². The van der Waals surface area contributed by atoms with Crippen LogP contribution in [0, 0.1) is 0 Å². The van der Waals surface area contributed by atoms with E-state index in [-0.39, 0.29) is 24.1 Å². The summed E-state index contributed by atoms with van der Waals surface area (Å²) in [5, 5.41) is 5.43. The van der Waals surface area contributed by atoms with Gasteiger partial charge in [-0.25, -0.2) is 0 Å². The minimum Gasteiger partial charge on any atom is -0.495 e. The quantitative estimate of drug-likeness (QED) is 0.592. The van der Waals surface area contributed by atoms with Crippen LogP contribution in [0.15, 0.2) is 42.5 Å². The zero-order valence-electron chi connectivity index (χ0n) is 16.4. The zero-order valence-corrected chi connectivity index (χ0v) is 16.4. The fraction of sp³-hybridized carbons (Fsp3) is 0.300. The van der Waals surface area contributed by atoms with E-state index in [0.717, 1.165) is 10.5 Å². The molecule has 0 aliphatic rings. The number of likely N-dealkylation sites (N-methyl/N-ethyl adjacent to an activating group) is 1. The number of amides is 2. The van der Waals surface area contributed by atoms with Crippen LogP contribution >= 0.6 is 0 Å². The highest BCUT2D eigenvalue weighted by Crippen LogP contribution is 2.27. The monoisotopic (exact) mass is 408 g/mol. The van der Waals surface area contributed by atoms with Gasteiger partial charge in [-0.1, -0.05) is 0 Å². The molecule has 2 aromatic carbocycles. The van der Waals surface area contributed by atoms with Crippen molar-refractivity contribution in [3.8, 4) is 11.5 Å². The number of hydrogen-bond donors (Lipinski definition) is 3. The molecule has 0 aromatic heterocycles. The Balaban J connectivity index is 1.95. The van der Waals surface area contributed by atoms with Gasteiger partial charge in [0.2, 0.25) is 5.91 Å². The van der Waals surface area contributed by atoms with Crippen molar-refractivity contribution in [2.45, 2.75) is 20.1 Å². The van der Waals surface area contributed by atoms with E-state index in [2.05, 4.69) is 15.4 Å². The van der Waals surface area contributed by atoms with Gasteiger partial charge in [-0.05, 0) is 42.5 Å². The van der Waals surface area contributed by atoms with Crippen LogP contribution in [0.4, 0.5) is 20.2 Å². The van der Waals surface area contributed by atoms with Crippen molar-refractivity contribution >= 4 is 23.2 Å². The minimum atomic E-state index is -2.86. The maximum Gasteiger partial charge on any atom is 0.387 e. The van der Waals surface area contributed by atoms with Crippen LogP contribution in [0.25, 0.3) is 0 Å². The second kappa shape index (κ2) is 10.4. The van der Waals surface area contributed by atoms with Crippen LogP contribution in [0.2, 0.25) is 0 Å². The standard InChI is InChI=1S/C20H23F2N3O4/c1-13(26)23-15-6-9-18(28-3)17(10-15)24-19(27)12-25(2)11-14-4-7-16(8-5-14)29-20(21)22/h4-10,20H,11-12H2,1-3H3,(H,23,26)(H,24,27)/p+1. The van der Waals surface area contributed by atoms with Crippen molar-refractivity contribution in [1.82, 2.24) is 0 Å². The maximum atomic E-state index is 12.4. The van der Waals surface area contributed by atoms with Gasteiger partial charge in [-0.2, -0.15) is 8.78 Å². The fourth-order valence-corrected chi connectivity index (χ4v) is 2.75.